The molecule has 0 aromatic heterocycles. The highest BCUT2D eigenvalue weighted by atomic mass is 32.2. The number of ether oxygens (including phenoxy) is 3. The van der Waals surface area contributed by atoms with Crippen molar-refractivity contribution in [3.05, 3.63) is 53.6 Å². The van der Waals surface area contributed by atoms with Crippen LogP contribution in [-0.2, 0) is 14.8 Å². The highest BCUT2D eigenvalue weighted by Gasteiger charge is 2.27. The fourth-order valence-electron chi connectivity index (χ4n) is 3.30. The number of morpholine rings is 1. The lowest BCUT2D eigenvalue weighted by Gasteiger charge is -2.31. The van der Waals surface area contributed by atoms with Gasteiger partial charge in [-0.15, -0.1) is 0 Å². The van der Waals surface area contributed by atoms with Crippen LogP contribution >= 0.6 is 0 Å². The second-order valence-electron chi connectivity index (χ2n) is 7.01. The third-order valence-corrected chi connectivity index (χ3v) is 6.47. The summed E-state index contributed by atoms with van der Waals surface area (Å²) in [5, 5.41) is 0. The van der Waals surface area contributed by atoms with E-state index in [0.717, 1.165) is 24.2 Å². The van der Waals surface area contributed by atoms with E-state index in [-0.39, 0.29) is 10.6 Å². The van der Waals surface area contributed by atoms with Crippen LogP contribution in [0.4, 0.5) is 0 Å². The highest BCUT2D eigenvalue weighted by Crippen LogP contribution is 2.29. The van der Waals surface area contributed by atoms with E-state index >= 15 is 0 Å². The van der Waals surface area contributed by atoms with Gasteiger partial charge in [0, 0.05) is 25.7 Å². The average Bonchev–Trinajstić information content (AvgIpc) is 2.74. The van der Waals surface area contributed by atoms with Crippen LogP contribution in [0.2, 0.25) is 0 Å². The molecule has 0 bridgehead atoms. The van der Waals surface area contributed by atoms with Crippen molar-refractivity contribution in [2.75, 3.05) is 47.1 Å². The summed E-state index contributed by atoms with van der Waals surface area (Å²) in [5.41, 5.74) is 2.03. The quantitative estimate of drug-likeness (QED) is 0.707. The molecular formula is C21H28N2O5S. The molecule has 2 aromatic carbocycles. The number of aryl methyl sites for hydroxylation is 1. The Morgan fingerprint density at radius 3 is 2.38 bits per heavy atom. The molecule has 8 heteroatoms. The molecule has 0 unspecified atom stereocenters. The van der Waals surface area contributed by atoms with Crippen molar-refractivity contribution in [2.24, 2.45) is 0 Å². The number of hydrogen-bond acceptors (Lipinski definition) is 6. The Balaban J connectivity index is 1.92. The standard InChI is InChI=1S/C21H28N2O5S/c1-16-4-6-17(7-5-16)19(15-23-10-12-28-13-11-23)22-29(24,25)21-14-18(26-2)8-9-20(21)27-3/h4-9,14,19,22H,10-13,15H2,1-3H3/t19-/m0/s1. The number of nitrogens with zero attached hydrogens (tertiary/aromatic N) is 1. The fraction of sp³-hybridized carbons (Fsp3) is 0.429. The van der Waals surface area contributed by atoms with Crippen molar-refractivity contribution in [2.45, 2.75) is 17.9 Å². The molecule has 0 spiro atoms. The van der Waals surface area contributed by atoms with Gasteiger partial charge in [0.15, 0.2) is 0 Å². The maximum Gasteiger partial charge on any atom is 0.244 e. The first-order chi connectivity index (χ1) is 13.9. The number of nitrogens with one attached hydrogen (secondary N) is 1. The van der Waals surface area contributed by atoms with Crippen LogP contribution in [0.25, 0.3) is 0 Å². The molecule has 0 saturated carbocycles. The van der Waals surface area contributed by atoms with E-state index in [1.165, 1.54) is 20.3 Å². The van der Waals surface area contributed by atoms with Gasteiger partial charge < -0.3 is 14.2 Å². The van der Waals surface area contributed by atoms with Crippen LogP contribution in [0.1, 0.15) is 17.2 Å². The van der Waals surface area contributed by atoms with Gasteiger partial charge >= 0.3 is 0 Å². The Morgan fingerprint density at radius 2 is 1.76 bits per heavy atom. The molecule has 1 saturated heterocycles. The van der Waals surface area contributed by atoms with E-state index in [1.807, 2.05) is 31.2 Å². The van der Waals surface area contributed by atoms with E-state index in [1.54, 1.807) is 12.1 Å². The summed E-state index contributed by atoms with van der Waals surface area (Å²) in [6, 6.07) is 12.2. The third kappa shape index (κ3) is 5.48. The second-order valence-corrected chi connectivity index (χ2v) is 8.70. The molecular weight excluding hydrogens is 392 g/mol. The largest absolute Gasteiger partial charge is 0.497 e. The zero-order valence-corrected chi connectivity index (χ0v) is 17.9. The van der Waals surface area contributed by atoms with Gasteiger partial charge in [0.05, 0.1) is 33.5 Å². The van der Waals surface area contributed by atoms with Crippen molar-refractivity contribution in [3.8, 4) is 11.5 Å². The number of hydrogen-bond donors (Lipinski definition) is 1. The van der Waals surface area contributed by atoms with Gasteiger partial charge in [0.1, 0.15) is 16.4 Å². The van der Waals surface area contributed by atoms with Crippen LogP contribution in [0.3, 0.4) is 0 Å². The maximum atomic E-state index is 13.3. The predicted octanol–water partition coefficient (Wildman–Crippen LogP) is 2.36. The van der Waals surface area contributed by atoms with Crippen molar-refractivity contribution in [3.63, 3.8) is 0 Å². The van der Waals surface area contributed by atoms with E-state index in [2.05, 4.69) is 9.62 Å². The van der Waals surface area contributed by atoms with Crippen molar-refractivity contribution in [1.82, 2.24) is 9.62 Å². The Morgan fingerprint density at radius 1 is 1.07 bits per heavy atom. The van der Waals surface area contributed by atoms with Gasteiger partial charge in [-0.1, -0.05) is 29.8 Å². The van der Waals surface area contributed by atoms with E-state index < -0.39 is 16.1 Å². The molecule has 0 amide bonds. The molecule has 158 valence electrons. The summed E-state index contributed by atoms with van der Waals surface area (Å²) < 4.78 is 45.3. The highest BCUT2D eigenvalue weighted by molar-refractivity contribution is 7.89. The van der Waals surface area contributed by atoms with E-state index in [0.29, 0.717) is 25.5 Å². The van der Waals surface area contributed by atoms with Crippen LogP contribution < -0.4 is 14.2 Å². The van der Waals surface area contributed by atoms with Crippen LogP contribution in [0.5, 0.6) is 11.5 Å². The smallest absolute Gasteiger partial charge is 0.244 e. The third-order valence-electron chi connectivity index (χ3n) is 4.98. The number of benzene rings is 2. The van der Waals surface area contributed by atoms with Crippen LogP contribution in [0.15, 0.2) is 47.4 Å². The van der Waals surface area contributed by atoms with Crippen molar-refractivity contribution < 1.29 is 22.6 Å². The molecule has 1 fully saturated rings. The summed E-state index contributed by atoms with van der Waals surface area (Å²) in [6.07, 6.45) is 0. The Bertz CT molecular complexity index is 909. The zero-order valence-electron chi connectivity index (χ0n) is 17.1. The molecule has 1 atom stereocenters. The average molecular weight is 421 g/mol. The monoisotopic (exact) mass is 420 g/mol. The fourth-order valence-corrected chi connectivity index (χ4v) is 4.70. The molecule has 3 rings (SSSR count). The minimum absolute atomic E-state index is 0.0541. The maximum absolute atomic E-state index is 13.3. The van der Waals surface area contributed by atoms with Gasteiger partial charge in [-0.25, -0.2) is 13.1 Å². The SMILES string of the molecule is COc1ccc(OC)c(S(=O)(=O)N[C@@H](CN2CCOCC2)c2ccc(C)cc2)c1. The minimum Gasteiger partial charge on any atom is -0.497 e. The topological polar surface area (TPSA) is 77.1 Å². The number of sulfonamides is 1. The Kier molecular flexibility index (Phi) is 7.13. The van der Waals surface area contributed by atoms with Gasteiger partial charge in [-0.3, -0.25) is 4.90 Å². The first-order valence-electron chi connectivity index (χ1n) is 9.54. The minimum atomic E-state index is -3.86. The molecule has 0 aliphatic carbocycles. The lowest BCUT2D eigenvalue weighted by atomic mass is 10.1. The predicted molar refractivity (Wildman–Crippen MR) is 111 cm³/mol. The van der Waals surface area contributed by atoms with Gasteiger partial charge in [0.25, 0.3) is 0 Å². The first-order valence-corrected chi connectivity index (χ1v) is 11.0. The molecule has 1 heterocycles. The van der Waals surface area contributed by atoms with Gasteiger partial charge in [0.2, 0.25) is 10.0 Å². The Labute approximate surface area is 172 Å². The number of methoxy groups -OCH3 is 2. The summed E-state index contributed by atoms with van der Waals surface area (Å²) >= 11 is 0. The van der Waals surface area contributed by atoms with E-state index in [4.69, 9.17) is 14.2 Å². The molecule has 7 nitrogen and oxygen atoms in total. The molecule has 1 aliphatic rings. The normalized spacial score (nSPS) is 16.4. The lowest BCUT2D eigenvalue weighted by Crippen LogP contribution is -2.43. The second kappa shape index (κ2) is 9.58. The summed E-state index contributed by atoms with van der Waals surface area (Å²) in [4.78, 5) is 2.26. The zero-order chi connectivity index (χ0) is 20.9. The molecule has 2 aromatic rings. The van der Waals surface area contributed by atoms with Crippen LogP contribution in [0, 0.1) is 6.92 Å². The van der Waals surface area contributed by atoms with Gasteiger partial charge in [-0.2, -0.15) is 0 Å². The van der Waals surface area contributed by atoms with Crippen LogP contribution in [-0.4, -0.2) is 60.4 Å². The summed E-state index contributed by atoms with van der Waals surface area (Å²) in [7, 11) is -0.907. The Hall–Kier alpha value is -2.13. The summed E-state index contributed by atoms with van der Waals surface area (Å²) in [5.74, 6) is 0.721. The van der Waals surface area contributed by atoms with Gasteiger partial charge in [-0.05, 0) is 24.6 Å². The van der Waals surface area contributed by atoms with Crippen molar-refractivity contribution in [1.29, 1.82) is 0 Å². The van der Waals surface area contributed by atoms with E-state index in [9.17, 15) is 8.42 Å². The van der Waals surface area contributed by atoms with Crippen molar-refractivity contribution >= 4 is 10.0 Å². The number of rotatable bonds is 8. The first kappa shape index (κ1) is 21.6. The lowest BCUT2D eigenvalue weighted by molar-refractivity contribution is 0.0345. The molecule has 0 radical (unpaired) electrons. The molecule has 1 N–H and O–H groups in total. The summed E-state index contributed by atoms with van der Waals surface area (Å²) in [6.45, 7) is 5.40. The molecule has 1 aliphatic heterocycles. The molecule has 29 heavy (non-hydrogen) atoms.